The SMILES string of the molecule is CC(C)C1([c-]2cccc2)C2C1C1C2C1([c-]1cccc1)C(C)C.[Fe+2].[Fe+2].c1cc[cH-]c1.c1cc[cH-]c1. The second kappa shape index (κ2) is 10.6. The van der Waals surface area contributed by atoms with E-state index in [1.54, 1.807) is 11.1 Å². The molecule has 0 saturated heterocycles. The Morgan fingerprint density at radius 2 is 0.765 bits per heavy atom. The van der Waals surface area contributed by atoms with Gasteiger partial charge in [0.25, 0.3) is 0 Å². The molecule has 0 heterocycles. The molecule has 0 radical (unpaired) electrons. The van der Waals surface area contributed by atoms with E-state index in [-0.39, 0.29) is 34.1 Å². The van der Waals surface area contributed by atoms with Gasteiger partial charge in [0.1, 0.15) is 0 Å². The maximum atomic E-state index is 2.45. The van der Waals surface area contributed by atoms with Crippen LogP contribution in [-0.4, -0.2) is 0 Å². The Morgan fingerprint density at radius 1 is 0.500 bits per heavy atom. The molecule has 7 rings (SSSR count). The van der Waals surface area contributed by atoms with E-state index in [0.29, 0.717) is 10.8 Å². The van der Waals surface area contributed by atoms with Gasteiger partial charge in [0, 0.05) is 0 Å². The van der Waals surface area contributed by atoms with E-state index in [9.17, 15) is 0 Å². The molecule has 2 heteroatoms. The number of rotatable bonds is 4. The summed E-state index contributed by atoms with van der Waals surface area (Å²) >= 11 is 0. The summed E-state index contributed by atoms with van der Waals surface area (Å²) in [5, 5.41) is 0. The zero-order valence-electron chi connectivity index (χ0n) is 20.6. The summed E-state index contributed by atoms with van der Waals surface area (Å²) in [5.74, 6) is 5.30. The standard InChI is InChI=1S/C22H26.2C5H5.2Fe/c1-13(2)21(15-9-5-6-10-15)17-18(21)20-19(17)22(20,14(3)4)16-11-7-8-12-16;2*1-2-4-5-3-1;;/h5-14,17-20H,1-4H3;2*1-5H;;/q-2;2*-1;2*+2. The Morgan fingerprint density at radius 3 is 0.941 bits per heavy atom. The molecule has 180 valence electrons. The largest absolute Gasteiger partial charge is 2.00 e. The van der Waals surface area contributed by atoms with Crippen molar-refractivity contribution in [3.05, 3.63) is 120 Å². The molecule has 0 amide bonds. The fourth-order valence-electron chi connectivity index (χ4n) is 7.81. The van der Waals surface area contributed by atoms with Crippen LogP contribution in [0.4, 0.5) is 0 Å². The third-order valence-corrected chi connectivity index (χ3v) is 8.88. The molecule has 0 aliphatic heterocycles. The summed E-state index contributed by atoms with van der Waals surface area (Å²) in [4.78, 5) is 0. The van der Waals surface area contributed by atoms with Crippen molar-refractivity contribution in [2.75, 3.05) is 0 Å². The first kappa shape index (κ1) is 27.0. The van der Waals surface area contributed by atoms with Gasteiger partial charge in [0.05, 0.1) is 0 Å². The van der Waals surface area contributed by atoms with Gasteiger partial charge < -0.3 is 0 Å². The van der Waals surface area contributed by atoms with Crippen LogP contribution in [0.3, 0.4) is 0 Å². The molecular weight excluding hydrogens is 496 g/mol. The molecule has 0 aromatic heterocycles. The fourth-order valence-corrected chi connectivity index (χ4v) is 7.81. The second-order valence-electron chi connectivity index (χ2n) is 10.6. The number of fused-ring (bicyclic) bond motifs is 4. The van der Waals surface area contributed by atoms with Crippen LogP contribution in [0.25, 0.3) is 0 Å². The topological polar surface area (TPSA) is 0 Å². The van der Waals surface area contributed by atoms with Crippen molar-refractivity contribution in [2.45, 2.75) is 38.5 Å². The van der Waals surface area contributed by atoms with Crippen LogP contribution in [-0.2, 0) is 45.0 Å². The van der Waals surface area contributed by atoms with Crippen molar-refractivity contribution in [3.63, 3.8) is 0 Å². The minimum Gasteiger partial charge on any atom is -0.214 e. The molecule has 3 saturated carbocycles. The molecule has 0 atom stereocenters. The molecule has 34 heavy (non-hydrogen) atoms. The van der Waals surface area contributed by atoms with Gasteiger partial charge in [-0.05, 0) is 46.3 Å². The van der Waals surface area contributed by atoms with E-state index in [1.165, 1.54) is 0 Å². The first-order chi connectivity index (χ1) is 15.6. The average molecular weight is 532 g/mol. The van der Waals surface area contributed by atoms with Crippen molar-refractivity contribution in [1.29, 1.82) is 0 Å². The molecule has 3 aliphatic rings. The predicted octanol–water partition coefficient (Wildman–Crippen LogP) is 7.92. The Balaban J connectivity index is 0.000000226. The van der Waals surface area contributed by atoms with Gasteiger partial charge in [0.15, 0.2) is 0 Å². The van der Waals surface area contributed by atoms with Gasteiger partial charge in [-0.2, -0.15) is 71.8 Å². The average Bonchev–Trinajstić information content (AvgIpc) is 3.43. The van der Waals surface area contributed by atoms with Gasteiger partial charge in [-0.1, -0.05) is 27.7 Å². The maximum Gasteiger partial charge on any atom is 2.00 e. The first-order valence-electron chi connectivity index (χ1n) is 12.4. The van der Waals surface area contributed by atoms with Crippen molar-refractivity contribution in [3.8, 4) is 0 Å². The molecule has 0 nitrogen and oxygen atoms in total. The van der Waals surface area contributed by atoms with Crippen LogP contribution in [0.1, 0.15) is 38.8 Å². The molecule has 0 bridgehead atoms. The zero-order chi connectivity index (χ0) is 22.3. The molecule has 4 aromatic carbocycles. The second-order valence-corrected chi connectivity index (χ2v) is 10.6. The van der Waals surface area contributed by atoms with Crippen molar-refractivity contribution >= 4 is 0 Å². The Kier molecular flexibility index (Phi) is 8.42. The minimum absolute atomic E-state index is 0. The third kappa shape index (κ3) is 3.88. The molecular formula is C32H36Fe2. The maximum absolute atomic E-state index is 2.45. The van der Waals surface area contributed by atoms with Crippen LogP contribution >= 0.6 is 0 Å². The minimum atomic E-state index is 0. The molecule has 0 unspecified atom stereocenters. The predicted molar refractivity (Wildman–Crippen MR) is 135 cm³/mol. The van der Waals surface area contributed by atoms with E-state index in [4.69, 9.17) is 0 Å². The van der Waals surface area contributed by atoms with Crippen LogP contribution < -0.4 is 0 Å². The monoisotopic (exact) mass is 532 g/mol. The van der Waals surface area contributed by atoms with Gasteiger partial charge in [-0.3, -0.25) is 0 Å². The summed E-state index contributed by atoms with van der Waals surface area (Å²) in [6, 6.07) is 38.5. The Bertz CT molecular complexity index is 902. The fraction of sp³-hybridized carbons (Fsp3) is 0.375. The molecule has 4 aromatic rings. The van der Waals surface area contributed by atoms with E-state index < -0.39 is 0 Å². The normalized spacial score (nSPS) is 31.2. The van der Waals surface area contributed by atoms with E-state index in [2.05, 4.69) is 76.2 Å². The van der Waals surface area contributed by atoms with E-state index in [1.807, 2.05) is 60.7 Å². The van der Waals surface area contributed by atoms with Crippen LogP contribution in [0.2, 0.25) is 0 Å². The molecule has 3 fully saturated rings. The Hall–Kier alpha value is -1.56. The van der Waals surface area contributed by atoms with Crippen LogP contribution in [0, 0.1) is 35.5 Å². The zero-order valence-corrected chi connectivity index (χ0v) is 22.8. The van der Waals surface area contributed by atoms with Gasteiger partial charge in [0.2, 0.25) is 0 Å². The van der Waals surface area contributed by atoms with Crippen molar-refractivity contribution in [2.24, 2.45) is 35.5 Å². The van der Waals surface area contributed by atoms with Crippen molar-refractivity contribution in [1.82, 2.24) is 0 Å². The van der Waals surface area contributed by atoms with E-state index in [0.717, 1.165) is 35.5 Å². The van der Waals surface area contributed by atoms with E-state index >= 15 is 0 Å². The summed E-state index contributed by atoms with van der Waals surface area (Å²) in [5.41, 5.74) is 4.27. The molecule has 0 spiro atoms. The summed E-state index contributed by atoms with van der Waals surface area (Å²) in [7, 11) is 0. The summed E-state index contributed by atoms with van der Waals surface area (Å²) in [6.07, 6.45) is 0. The summed E-state index contributed by atoms with van der Waals surface area (Å²) < 4.78 is 0. The van der Waals surface area contributed by atoms with Crippen LogP contribution in [0.15, 0.2) is 109 Å². The number of hydrogen-bond acceptors (Lipinski definition) is 0. The third-order valence-electron chi connectivity index (χ3n) is 8.88. The van der Waals surface area contributed by atoms with Gasteiger partial charge in [-0.15, -0.1) is 0 Å². The first-order valence-corrected chi connectivity index (χ1v) is 12.4. The number of hydrogen-bond donors (Lipinski definition) is 0. The Labute approximate surface area is 227 Å². The molecule has 0 N–H and O–H groups in total. The van der Waals surface area contributed by atoms with Crippen LogP contribution in [0.5, 0.6) is 0 Å². The molecule has 3 aliphatic carbocycles. The van der Waals surface area contributed by atoms with Gasteiger partial charge in [-0.25, -0.2) is 48.5 Å². The summed E-state index contributed by atoms with van der Waals surface area (Å²) in [6.45, 7) is 9.79. The van der Waals surface area contributed by atoms with Crippen molar-refractivity contribution < 1.29 is 34.1 Å². The smallest absolute Gasteiger partial charge is 0.214 e. The quantitative estimate of drug-likeness (QED) is 0.185. The van der Waals surface area contributed by atoms with Gasteiger partial charge >= 0.3 is 34.1 Å².